The summed E-state index contributed by atoms with van der Waals surface area (Å²) < 4.78 is 0. The highest BCUT2D eigenvalue weighted by atomic mass is 16.3. The summed E-state index contributed by atoms with van der Waals surface area (Å²) in [5, 5.41) is 19.5. The van der Waals surface area contributed by atoms with E-state index in [-0.39, 0.29) is 0 Å². The fourth-order valence-corrected chi connectivity index (χ4v) is 1.48. The molecule has 2 N–H and O–H groups in total. The summed E-state index contributed by atoms with van der Waals surface area (Å²) in [4.78, 5) is 0. The Hall–Kier alpha value is -0.860. The van der Waals surface area contributed by atoms with Gasteiger partial charge < -0.3 is 10.2 Å². The van der Waals surface area contributed by atoms with Gasteiger partial charge in [0.1, 0.15) is 6.10 Å². The largest absolute Gasteiger partial charge is 0.390 e. The average molecular weight is 194 g/mol. The molecule has 0 amide bonds. The zero-order valence-electron chi connectivity index (χ0n) is 8.72. The lowest BCUT2D eigenvalue weighted by molar-refractivity contribution is 0.00634. The normalized spacial score (nSPS) is 15.5. The Labute approximate surface area is 85.2 Å². The highest BCUT2D eigenvalue weighted by molar-refractivity contribution is 5.18. The first-order valence-corrected chi connectivity index (χ1v) is 5.02. The maximum Gasteiger partial charge on any atom is 0.105 e. The summed E-state index contributed by atoms with van der Waals surface area (Å²) in [6.07, 6.45) is -0.813. The molecule has 0 saturated heterocycles. The van der Waals surface area contributed by atoms with E-state index in [0.717, 1.165) is 5.56 Å². The SMILES string of the molecule is CC(C)CC(O)C(O)c1ccccc1. The van der Waals surface area contributed by atoms with Crippen LogP contribution in [0.4, 0.5) is 0 Å². The van der Waals surface area contributed by atoms with Crippen LogP contribution in [-0.2, 0) is 0 Å². The van der Waals surface area contributed by atoms with Gasteiger partial charge in [-0.15, -0.1) is 0 Å². The smallest absolute Gasteiger partial charge is 0.105 e. The molecule has 0 aliphatic rings. The third-order valence-corrected chi connectivity index (χ3v) is 2.22. The Morgan fingerprint density at radius 2 is 1.64 bits per heavy atom. The summed E-state index contributed by atoms with van der Waals surface area (Å²) in [7, 11) is 0. The van der Waals surface area contributed by atoms with E-state index in [0.29, 0.717) is 12.3 Å². The number of hydrogen-bond acceptors (Lipinski definition) is 2. The van der Waals surface area contributed by atoms with Crippen LogP contribution >= 0.6 is 0 Å². The van der Waals surface area contributed by atoms with Gasteiger partial charge in [-0.1, -0.05) is 44.2 Å². The molecule has 0 radical (unpaired) electrons. The Morgan fingerprint density at radius 3 is 2.14 bits per heavy atom. The van der Waals surface area contributed by atoms with E-state index in [1.54, 1.807) is 0 Å². The van der Waals surface area contributed by atoms with E-state index in [4.69, 9.17) is 0 Å². The Kier molecular flexibility index (Phi) is 4.11. The van der Waals surface area contributed by atoms with E-state index in [1.807, 2.05) is 44.2 Å². The fraction of sp³-hybridized carbons (Fsp3) is 0.500. The number of benzene rings is 1. The van der Waals surface area contributed by atoms with Gasteiger partial charge in [-0.2, -0.15) is 0 Å². The van der Waals surface area contributed by atoms with Gasteiger partial charge in [0, 0.05) is 0 Å². The summed E-state index contributed by atoms with van der Waals surface area (Å²) >= 11 is 0. The summed E-state index contributed by atoms with van der Waals surface area (Å²) in [5.41, 5.74) is 0.778. The Bertz CT molecular complexity index is 256. The van der Waals surface area contributed by atoms with Crippen molar-refractivity contribution in [2.75, 3.05) is 0 Å². The molecule has 2 unspecified atom stereocenters. The minimum atomic E-state index is -0.765. The molecule has 0 aromatic heterocycles. The van der Waals surface area contributed by atoms with Gasteiger partial charge in [0.05, 0.1) is 6.10 Å². The molecule has 1 rings (SSSR count). The zero-order valence-corrected chi connectivity index (χ0v) is 8.72. The van der Waals surface area contributed by atoms with Gasteiger partial charge >= 0.3 is 0 Å². The Morgan fingerprint density at radius 1 is 1.07 bits per heavy atom. The molecule has 14 heavy (non-hydrogen) atoms. The summed E-state index contributed by atoms with van der Waals surface area (Å²) in [6, 6.07) is 9.27. The Balaban J connectivity index is 2.61. The molecular formula is C12H18O2. The monoisotopic (exact) mass is 194 g/mol. The quantitative estimate of drug-likeness (QED) is 0.770. The van der Waals surface area contributed by atoms with Crippen molar-refractivity contribution < 1.29 is 10.2 Å². The first-order valence-electron chi connectivity index (χ1n) is 5.02. The van der Waals surface area contributed by atoms with E-state index in [2.05, 4.69) is 0 Å². The van der Waals surface area contributed by atoms with Crippen LogP contribution in [0.3, 0.4) is 0 Å². The molecule has 78 valence electrons. The van der Waals surface area contributed by atoms with Crippen molar-refractivity contribution in [1.82, 2.24) is 0 Å². The van der Waals surface area contributed by atoms with E-state index >= 15 is 0 Å². The molecule has 2 atom stereocenters. The van der Waals surface area contributed by atoms with Crippen LogP contribution in [0.1, 0.15) is 31.9 Å². The van der Waals surface area contributed by atoms with E-state index in [9.17, 15) is 10.2 Å². The van der Waals surface area contributed by atoms with Gasteiger partial charge in [0.2, 0.25) is 0 Å². The second-order valence-electron chi connectivity index (χ2n) is 4.05. The maximum atomic E-state index is 9.79. The third kappa shape index (κ3) is 3.13. The predicted octanol–water partition coefficient (Wildman–Crippen LogP) is 2.13. The van der Waals surface area contributed by atoms with Crippen molar-refractivity contribution in [3.63, 3.8) is 0 Å². The van der Waals surface area contributed by atoms with Crippen molar-refractivity contribution >= 4 is 0 Å². The second-order valence-corrected chi connectivity index (χ2v) is 4.05. The summed E-state index contributed by atoms with van der Waals surface area (Å²) in [5.74, 6) is 0.392. The van der Waals surface area contributed by atoms with Crippen LogP contribution in [-0.4, -0.2) is 16.3 Å². The van der Waals surface area contributed by atoms with Crippen molar-refractivity contribution in [1.29, 1.82) is 0 Å². The van der Waals surface area contributed by atoms with Crippen LogP contribution in [0.5, 0.6) is 0 Å². The fourth-order valence-electron chi connectivity index (χ4n) is 1.48. The minimum absolute atomic E-state index is 0.392. The van der Waals surface area contributed by atoms with Gasteiger partial charge in [-0.05, 0) is 17.9 Å². The molecule has 0 bridgehead atoms. The van der Waals surface area contributed by atoms with Crippen LogP contribution in [0.15, 0.2) is 30.3 Å². The molecule has 0 spiro atoms. The van der Waals surface area contributed by atoms with Crippen LogP contribution < -0.4 is 0 Å². The topological polar surface area (TPSA) is 40.5 Å². The molecule has 0 heterocycles. The molecule has 2 nitrogen and oxygen atoms in total. The molecule has 0 aliphatic carbocycles. The van der Waals surface area contributed by atoms with Gasteiger partial charge in [0.25, 0.3) is 0 Å². The molecule has 0 saturated carbocycles. The zero-order chi connectivity index (χ0) is 10.6. The average Bonchev–Trinajstić information content (AvgIpc) is 2.17. The lowest BCUT2D eigenvalue weighted by Crippen LogP contribution is -2.20. The van der Waals surface area contributed by atoms with Gasteiger partial charge in [-0.25, -0.2) is 0 Å². The molecule has 0 fully saturated rings. The lowest BCUT2D eigenvalue weighted by atomic mass is 9.97. The number of hydrogen-bond donors (Lipinski definition) is 2. The third-order valence-electron chi connectivity index (χ3n) is 2.22. The predicted molar refractivity (Wildman–Crippen MR) is 56.9 cm³/mol. The van der Waals surface area contributed by atoms with Gasteiger partial charge in [0.15, 0.2) is 0 Å². The van der Waals surface area contributed by atoms with Crippen LogP contribution in [0.25, 0.3) is 0 Å². The van der Waals surface area contributed by atoms with Crippen molar-refractivity contribution in [3.8, 4) is 0 Å². The highest BCUT2D eigenvalue weighted by Crippen LogP contribution is 2.20. The molecule has 2 heteroatoms. The molecule has 0 aliphatic heterocycles. The lowest BCUT2D eigenvalue weighted by Gasteiger charge is -2.19. The maximum absolute atomic E-state index is 9.79. The molecule has 1 aromatic rings. The van der Waals surface area contributed by atoms with Crippen molar-refractivity contribution in [2.45, 2.75) is 32.5 Å². The van der Waals surface area contributed by atoms with Crippen molar-refractivity contribution in [3.05, 3.63) is 35.9 Å². The molecular weight excluding hydrogens is 176 g/mol. The number of rotatable bonds is 4. The van der Waals surface area contributed by atoms with E-state index < -0.39 is 12.2 Å². The number of aliphatic hydroxyl groups is 2. The first-order chi connectivity index (χ1) is 6.61. The highest BCUT2D eigenvalue weighted by Gasteiger charge is 2.18. The van der Waals surface area contributed by atoms with Crippen LogP contribution in [0.2, 0.25) is 0 Å². The first kappa shape index (κ1) is 11.2. The minimum Gasteiger partial charge on any atom is -0.390 e. The number of aliphatic hydroxyl groups excluding tert-OH is 2. The summed E-state index contributed by atoms with van der Waals surface area (Å²) in [6.45, 7) is 4.06. The standard InChI is InChI=1S/C12H18O2/c1-9(2)8-11(13)12(14)10-6-4-3-5-7-10/h3-7,9,11-14H,8H2,1-2H3. The van der Waals surface area contributed by atoms with Crippen molar-refractivity contribution in [2.24, 2.45) is 5.92 Å². The van der Waals surface area contributed by atoms with Gasteiger partial charge in [-0.3, -0.25) is 0 Å². The second kappa shape index (κ2) is 5.13. The van der Waals surface area contributed by atoms with Crippen LogP contribution in [0, 0.1) is 5.92 Å². The van der Waals surface area contributed by atoms with E-state index in [1.165, 1.54) is 0 Å². The molecule has 1 aromatic carbocycles.